The number of ether oxygens (including phenoxy) is 1. The fraction of sp³-hybridized carbons (Fsp3) is 0.167. The van der Waals surface area contributed by atoms with Crippen molar-refractivity contribution in [2.75, 3.05) is 0 Å². The van der Waals surface area contributed by atoms with Crippen molar-refractivity contribution in [1.82, 2.24) is 0 Å². The van der Waals surface area contributed by atoms with Crippen LogP contribution >= 0.6 is 0 Å². The second kappa shape index (κ2) is 3.58. The van der Waals surface area contributed by atoms with Crippen LogP contribution in [-0.4, -0.2) is 12.1 Å². The zero-order valence-electron chi connectivity index (χ0n) is 8.23. The molecule has 1 atom stereocenters. The Morgan fingerprint density at radius 2 is 2.00 bits per heavy atom. The Morgan fingerprint density at radius 1 is 1.33 bits per heavy atom. The van der Waals surface area contributed by atoms with Crippen molar-refractivity contribution in [1.29, 1.82) is 5.26 Å². The minimum atomic E-state index is -0.764. The summed E-state index contributed by atoms with van der Waals surface area (Å²) in [5.74, 6) is -0.402. The van der Waals surface area contributed by atoms with E-state index in [1.807, 2.05) is 36.4 Å². The number of benzene rings is 1. The zero-order chi connectivity index (χ0) is 10.8. The summed E-state index contributed by atoms with van der Waals surface area (Å²) in [4.78, 5) is 11.3. The maximum Gasteiger partial charge on any atom is 0.335 e. The SMILES string of the molecule is CC1=C(c2ccccc2)C(C#N)OC1=O. The first kappa shape index (κ1) is 9.47. The van der Waals surface area contributed by atoms with E-state index in [0.29, 0.717) is 11.1 Å². The summed E-state index contributed by atoms with van der Waals surface area (Å²) in [5, 5.41) is 8.87. The lowest BCUT2D eigenvalue weighted by atomic mass is 9.98. The molecule has 0 fully saturated rings. The van der Waals surface area contributed by atoms with Gasteiger partial charge in [0.15, 0.2) is 0 Å². The normalized spacial score (nSPS) is 20.0. The van der Waals surface area contributed by atoms with Crippen LogP contribution in [0.3, 0.4) is 0 Å². The molecule has 0 saturated heterocycles. The number of cyclic esters (lactones) is 1. The van der Waals surface area contributed by atoms with E-state index < -0.39 is 12.1 Å². The van der Waals surface area contributed by atoms with Gasteiger partial charge >= 0.3 is 5.97 Å². The largest absolute Gasteiger partial charge is 0.439 e. The topological polar surface area (TPSA) is 50.1 Å². The molecule has 1 aliphatic rings. The summed E-state index contributed by atoms with van der Waals surface area (Å²) in [5.41, 5.74) is 2.07. The Kier molecular flexibility index (Phi) is 2.26. The van der Waals surface area contributed by atoms with Crippen LogP contribution in [-0.2, 0) is 9.53 Å². The van der Waals surface area contributed by atoms with E-state index in [2.05, 4.69) is 0 Å². The lowest BCUT2D eigenvalue weighted by Crippen LogP contribution is -2.07. The van der Waals surface area contributed by atoms with Crippen LogP contribution in [0.15, 0.2) is 35.9 Å². The van der Waals surface area contributed by atoms with E-state index in [9.17, 15) is 4.79 Å². The summed E-state index contributed by atoms with van der Waals surface area (Å²) in [7, 11) is 0. The Bertz CT molecular complexity index is 468. The van der Waals surface area contributed by atoms with Crippen LogP contribution in [0, 0.1) is 11.3 Å². The Labute approximate surface area is 87.6 Å². The molecule has 1 unspecified atom stereocenters. The van der Waals surface area contributed by atoms with Crippen LogP contribution in [0.5, 0.6) is 0 Å². The molecule has 0 N–H and O–H groups in total. The van der Waals surface area contributed by atoms with Crippen LogP contribution < -0.4 is 0 Å². The summed E-state index contributed by atoms with van der Waals surface area (Å²) in [6, 6.07) is 11.3. The first-order chi connectivity index (χ1) is 7.24. The standard InChI is InChI=1S/C12H9NO2/c1-8-11(9-5-3-2-4-6-9)10(7-13)15-12(8)14/h2-6,10H,1H3. The third-order valence-corrected chi connectivity index (χ3v) is 2.40. The molecule has 3 nitrogen and oxygen atoms in total. The molecule has 0 aromatic heterocycles. The molecular formula is C12H9NO2. The van der Waals surface area contributed by atoms with Gasteiger partial charge in [-0.25, -0.2) is 4.79 Å². The van der Waals surface area contributed by atoms with E-state index in [4.69, 9.17) is 10.00 Å². The van der Waals surface area contributed by atoms with E-state index in [0.717, 1.165) is 5.56 Å². The quantitative estimate of drug-likeness (QED) is 0.649. The third kappa shape index (κ3) is 1.50. The Hall–Kier alpha value is -2.08. The number of esters is 1. The predicted molar refractivity (Wildman–Crippen MR) is 54.5 cm³/mol. The second-order valence-corrected chi connectivity index (χ2v) is 3.32. The van der Waals surface area contributed by atoms with Crippen LogP contribution in [0.4, 0.5) is 0 Å². The fourth-order valence-electron chi connectivity index (χ4n) is 1.64. The van der Waals surface area contributed by atoms with Crippen molar-refractivity contribution in [2.24, 2.45) is 0 Å². The lowest BCUT2D eigenvalue weighted by molar-refractivity contribution is -0.137. The average Bonchev–Trinajstić information content (AvgIpc) is 2.56. The van der Waals surface area contributed by atoms with Gasteiger partial charge in [-0.15, -0.1) is 0 Å². The monoisotopic (exact) mass is 199 g/mol. The minimum Gasteiger partial charge on any atom is -0.439 e. The number of hydrogen-bond acceptors (Lipinski definition) is 3. The molecular weight excluding hydrogens is 190 g/mol. The molecule has 0 spiro atoms. The van der Waals surface area contributed by atoms with Gasteiger partial charge in [0.05, 0.1) is 0 Å². The number of nitriles is 1. The molecule has 0 bridgehead atoms. The zero-order valence-corrected chi connectivity index (χ0v) is 8.23. The number of rotatable bonds is 1. The van der Waals surface area contributed by atoms with E-state index in [-0.39, 0.29) is 0 Å². The summed E-state index contributed by atoms with van der Waals surface area (Å²) in [6.45, 7) is 1.68. The molecule has 0 saturated carbocycles. The van der Waals surface area contributed by atoms with Gasteiger partial charge in [-0.05, 0) is 12.5 Å². The smallest absolute Gasteiger partial charge is 0.335 e. The molecule has 1 aromatic carbocycles. The summed E-state index contributed by atoms with van der Waals surface area (Å²) < 4.78 is 4.92. The second-order valence-electron chi connectivity index (χ2n) is 3.32. The maximum atomic E-state index is 11.3. The molecule has 15 heavy (non-hydrogen) atoms. The van der Waals surface area contributed by atoms with Gasteiger partial charge in [-0.3, -0.25) is 0 Å². The van der Waals surface area contributed by atoms with Crippen LogP contribution in [0.25, 0.3) is 5.57 Å². The van der Waals surface area contributed by atoms with Crippen molar-refractivity contribution in [3.05, 3.63) is 41.5 Å². The molecule has 2 rings (SSSR count). The maximum absolute atomic E-state index is 11.3. The van der Waals surface area contributed by atoms with Crippen molar-refractivity contribution < 1.29 is 9.53 Å². The highest BCUT2D eigenvalue weighted by Crippen LogP contribution is 2.30. The molecule has 0 radical (unpaired) electrons. The summed E-state index contributed by atoms with van der Waals surface area (Å²) in [6.07, 6.45) is -0.764. The molecule has 1 heterocycles. The minimum absolute atomic E-state index is 0.402. The number of hydrogen-bond donors (Lipinski definition) is 0. The highest BCUT2D eigenvalue weighted by Gasteiger charge is 2.31. The number of nitrogens with zero attached hydrogens (tertiary/aromatic N) is 1. The highest BCUT2D eigenvalue weighted by atomic mass is 16.5. The van der Waals surface area contributed by atoms with Crippen molar-refractivity contribution in [3.63, 3.8) is 0 Å². The van der Waals surface area contributed by atoms with Crippen molar-refractivity contribution >= 4 is 11.5 Å². The first-order valence-electron chi connectivity index (χ1n) is 4.61. The van der Waals surface area contributed by atoms with Gasteiger partial charge in [0, 0.05) is 11.1 Å². The number of carbonyl (C=O) groups is 1. The van der Waals surface area contributed by atoms with E-state index in [1.54, 1.807) is 6.92 Å². The summed E-state index contributed by atoms with van der Waals surface area (Å²) >= 11 is 0. The molecule has 74 valence electrons. The van der Waals surface area contributed by atoms with Crippen LogP contribution in [0.2, 0.25) is 0 Å². The van der Waals surface area contributed by atoms with E-state index >= 15 is 0 Å². The average molecular weight is 199 g/mol. The molecule has 1 aliphatic heterocycles. The first-order valence-corrected chi connectivity index (χ1v) is 4.61. The van der Waals surface area contributed by atoms with E-state index in [1.165, 1.54) is 0 Å². The van der Waals surface area contributed by atoms with Gasteiger partial charge in [0.25, 0.3) is 0 Å². The Morgan fingerprint density at radius 3 is 2.60 bits per heavy atom. The molecule has 3 heteroatoms. The van der Waals surface area contributed by atoms with Crippen molar-refractivity contribution in [3.8, 4) is 6.07 Å². The van der Waals surface area contributed by atoms with Crippen LogP contribution in [0.1, 0.15) is 12.5 Å². The fourth-order valence-corrected chi connectivity index (χ4v) is 1.64. The van der Waals surface area contributed by atoms with Gasteiger partial charge < -0.3 is 4.74 Å². The number of carbonyl (C=O) groups excluding carboxylic acids is 1. The van der Waals surface area contributed by atoms with Gasteiger partial charge in [-0.2, -0.15) is 5.26 Å². The molecule has 0 amide bonds. The van der Waals surface area contributed by atoms with Gasteiger partial charge in [-0.1, -0.05) is 30.3 Å². The Balaban J connectivity index is 2.52. The molecule has 0 aliphatic carbocycles. The molecule has 1 aromatic rings. The third-order valence-electron chi connectivity index (χ3n) is 2.40. The highest BCUT2D eigenvalue weighted by molar-refractivity contribution is 6.03. The predicted octanol–water partition coefficient (Wildman–Crippen LogP) is 1.91. The van der Waals surface area contributed by atoms with Crippen molar-refractivity contribution in [2.45, 2.75) is 13.0 Å². The van der Waals surface area contributed by atoms with Gasteiger partial charge in [0.1, 0.15) is 6.07 Å². The van der Waals surface area contributed by atoms with Gasteiger partial charge in [0.2, 0.25) is 6.10 Å². The lowest BCUT2D eigenvalue weighted by Gasteiger charge is -2.05.